The van der Waals surface area contributed by atoms with Gasteiger partial charge >= 0.3 is 0 Å². The monoisotopic (exact) mass is 377 g/mol. The zero-order valence-electron chi connectivity index (χ0n) is 17.1. The van der Waals surface area contributed by atoms with E-state index in [4.69, 9.17) is 4.74 Å². The summed E-state index contributed by atoms with van der Waals surface area (Å²) in [6.45, 7) is 8.57. The number of nitrogens with zero attached hydrogens (tertiary/aromatic N) is 2. The van der Waals surface area contributed by atoms with Gasteiger partial charge in [-0.15, -0.1) is 0 Å². The lowest BCUT2D eigenvalue weighted by Crippen LogP contribution is -2.24. The molecule has 5 heteroatoms. The molecule has 3 aromatic rings. The zero-order valence-corrected chi connectivity index (χ0v) is 17.1. The molecule has 1 heterocycles. The molecule has 0 saturated carbocycles. The molecular formula is C23H27N3O2. The quantitative estimate of drug-likeness (QED) is 0.685. The number of hydrogen-bond donors (Lipinski definition) is 1. The normalized spacial score (nSPS) is 10.9. The molecule has 1 aromatic heterocycles. The molecule has 28 heavy (non-hydrogen) atoms. The minimum Gasteiger partial charge on any atom is -0.496 e. The molecule has 0 atom stereocenters. The van der Waals surface area contributed by atoms with Gasteiger partial charge in [0.15, 0.2) is 0 Å². The van der Waals surface area contributed by atoms with Gasteiger partial charge in [0, 0.05) is 30.2 Å². The van der Waals surface area contributed by atoms with Gasteiger partial charge in [-0.2, -0.15) is 0 Å². The first-order valence-corrected chi connectivity index (χ1v) is 9.46. The molecule has 0 spiro atoms. The van der Waals surface area contributed by atoms with E-state index in [1.54, 1.807) is 13.3 Å². The van der Waals surface area contributed by atoms with Crippen LogP contribution in [0, 0.1) is 13.8 Å². The number of ether oxygens (including phenoxy) is 1. The van der Waals surface area contributed by atoms with Crippen molar-refractivity contribution in [2.75, 3.05) is 7.11 Å². The van der Waals surface area contributed by atoms with Crippen molar-refractivity contribution in [2.45, 2.75) is 40.2 Å². The van der Waals surface area contributed by atoms with Crippen LogP contribution in [0.5, 0.6) is 5.75 Å². The summed E-state index contributed by atoms with van der Waals surface area (Å²) in [5.41, 5.74) is 4.74. The number of benzene rings is 2. The van der Waals surface area contributed by atoms with Gasteiger partial charge in [0.25, 0.3) is 5.91 Å². The highest BCUT2D eigenvalue weighted by Gasteiger charge is 2.15. The second kappa shape index (κ2) is 8.30. The number of aromatic nitrogens is 2. The van der Waals surface area contributed by atoms with E-state index in [9.17, 15) is 4.79 Å². The minimum absolute atomic E-state index is 0.0726. The third kappa shape index (κ3) is 4.09. The average molecular weight is 377 g/mol. The van der Waals surface area contributed by atoms with Gasteiger partial charge < -0.3 is 14.6 Å². The van der Waals surface area contributed by atoms with Crippen molar-refractivity contribution >= 4 is 5.91 Å². The molecule has 0 aliphatic rings. The van der Waals surface area contributed by atoms with Crippen molar-refractivity contribution in [1.29, 1.82) is 0 Å². The summed E-state index contributed by atoms with van der Waals surface area (Å²) in [7, 11) is 1.66. The number of aryl methyl sites for hydroxylation is 2. The largest absolute Gasteiger partial charge is 0.496 e. The molecule has 0 fully saturated rings. The second-order valence-electron chi connectivity index (χ2n) is 7.26. The summed E-state index contributed by atoms with van der Waals surface area (Å²) < 4.78 is 7.49. The van der Waals surface area contributed by atoms with Crippen LogP contribution >= 0.6 is 0 Å². The topological polar surface area (TPSA) is 56.1 Å². The lowest BCUT2D eigenvalue weighted by Gasteiger charge is -2.16. The maximum absolute atomic E-state index is 12.7. The van der Waals surface area contributed by atoms with Gasteiger partial charge in [-0.25, -0.2) is 4.98 Å². The van der Waals surface area contributed by atoms with Crippen LogP contribution in [0.2, 0.25) is 0 Å². The van der Waals surface area contributed by atoms with E-state index in [0.29, 0.717) is 12.1 Å². The molecule has 1 amide bonds. The Morgan fingerprint density at radius 2 is 1.89 bits per heavy atom. The lowest BCUT2D eigenvalue weighted by molar-refractivity contribution is 0.0950. The van der Waals surface area contributed by atoms with Crippen LogP contribution in [-0.2, 0) is 6.54 Å². The Morgan fingerprint density at radius 3 is 2.46 bits per heavy atom. The number of carbonyl (C=O) groups is 1. The average Bonchev–Trinajstić information content (AvgIpc) is 3.11. The molecule has 0 aliphatic heterocycles. The van der Waals surface area contributed by atoms with Crippen molar-refractivity contribution in [1.82, 2.24) is 14.9 Å². The number of rotatable bonds is 6. The lowest BCUT2D eigenvalue weighted by atomic mass is 9.96. The number of carbonyl (C=O) groups excluding carboxylic acids is 1. The standard InChI is InChI=1S/C23H27N3O2/c1-15(2)20-13-21(16(3)12-22(20)28-5)23(27)25-14-18-6-8-19(9-7-18)26-11-10-24-17(26)4/h6-13,15H,14H2,1-5H3,(H,25,27). The van der Waals surface area contributed by atoms with E-state index in [0.717, 1.165) is 34.0 Å². The molecule has 0 saturated heterocycles. The number of hydrogen-bond acceptors (Lipinski definition) is 3. The minimum atomic E-state index is -0.0726. The third-order valence-electron chi connectivity index (χ3n) is 4.94. The van der Waals surface area contributed by atoms with Crippen molar-refractivity contribution < 1.29 is 9.53 Å². The molecule has 0 unspecified atom stereocenters. The molecule has 0 radical (unpaired) electrons. The van der Waals surface area contributed by atoms with E-state index in [1.807, 2.05) is 61.0 Å². The maximum Gasteiger partial charge on any atom is 0.251 e. The summed E-state index contributed by atoms with van der Waals surface area (Å²) in [6.07, 6.45) is 3.72. The summed E-state index contributed by atoms with van der Waals surface area (Å²) in [4.78, 5) is 17.0. The van der Waals surface area contributed by atoms with Crippen LogP contribution in [-0.4, -0.2) is 22.6 Å². The Bertz CT molecular complexity index is 972. The Labute approximate surface area is 166 Å². The summed E-state index contributed by atoms with van der Waals surface area (Å²) in [6, 6.07) is 12.0. The highest BCUT2D eigenvalue weighted by atomic mass is 16.5. The molecule has 0 bridgehead atoms. The number of amides is 1. The Hall–Kier alpha value is -3.08. The van der Waals surface area contributed by atoms with Gasteiger partial charge in [-0.05, 0) is 60.7 Å². The van der Waals surface area contributed by atoms with E-state index in [1.165, 1.54) is 0 Å². The number of methoxy groups -OCH3 is 1. The first kappa shape index (κ1) is 19.7. The predicted octanol–water partition coefficient (Wildman–Crippen LogP) is 4.55. The van der Waals surface area contributed by atoms with E-state index < -0.39 is 0 Å². The van der Waals surface area contributed by atoms with Gasteiger partial charge in [0.2, 0.25) is 0 Å². The molecular weight excluding hydrogens is 350 g/mol. The Kier molecular flexibility index (Phi) is 5.83. The molecule has 146 valence electrons. The highest BCUT2D eigenvalue weighted by molar-refractivity contribution is 5.96. The van der Waals surface area contributed by atoms with Gasteiger partial charge in [-0.1, -0.05) is 26.0 Å². The SMILES string of the molecule is COc1cc(C)c(C(=O)NCc2ccc(-n3ccnc3C)cc2)cc1C(C)C. The van der Waals surface area contributed by atoms with Gasteiger partial charge in [0.1, 0.15) is 11.6 Å². The van der Waals surface area contributed by atoms with Crippen LogP contribution in [0.3, 0.4) is 0 Å². The molecule has 1 N–H and O–H groups in total. The van der Waals surface area contributed by atoms with E-state index in [2.05, 4.69) is 24.1 Å². The van der Waals surface area contributed by atoms with Gasteiger partial charge in [-0.3, -0.25) is 4.79 Å². The first-order chi connectivity index (χ1) is 13.4. The molecule has 5 nitrogen and oxygen atoms in total. The summed E-state index contributed by atoms with van der Waals surface area (Å²) in [5, 5.41) is 3.03. The number of nitrogens with one attached hydrogen (secondary N) is 1. The molecule has 0 aliphatic carbocycles. The number of imidazole rings is 1. The Morgan fingerprint density at radius 1 is 1.18 bits per heavy atom. The van der Waals surface area contributed by atoms with Crippen LogP contribution in [0.4, 0.5) is 0 Å². The summed E-state index contributed by atoms with van der Waals surface area (Å²) >= 11 is 0. The van der Waals surface area contributed by atoms with Crippen LogP contribution in [0.1, 0.15) is 52.6 Å². The maximum atomic E-state index is 12.7. The van der Waals surface area contributed by atoms with Crippen LogP contribution in [0.25, 0.3) is 5.69 Å². The van der Waals surface area contributed by atoms with Crippen molar-refractivity contribution in [2.24, 2.45) is 0 Å². The van der Waals surface area contributed by atoms with Crippen molar-refractivity contribution in [3.63, 3.8) is 0 Å². The van der Waals surface area contributed by atoms with Crippen molar-refractivity contribution in [3.8, 4) is 11.4 Å². The first-order valence-electron chi connectivity index (χ1n) is 9.46. The molecule has 2 aromatic carbocycles. The molecule has 3 rings (SSSR count). The fourth-order valence-electron chi connectivity index (χ4n) is 3.27. The van der Waals surface area contributed by atoms with Crippen molar-refractivity contribution in [3.05, 3.63) is 76.9 Å². The van der Waals surface area contributed by atoms with Gasteiger partial charge in [0.05, 0.1) is 7.11 Å². The van der Waals surface area contributed by atoms with E-state index >= 15 is 0 Å². The van der Waals surface area contributed by atoms with Crippen LogP contribution in [0.15, 0.2) is 48.8 Å². The fourth-order valence-corrected chi connectivity index (χ4v) is 3.27. The second-order valence-corrected chi connectivity index (χ2v) is 7.26. The van der Waals surface area contributed by atoms with E-state index in [-0.39, 0.29) is 11.8 Å². The summed E-state index contributed by atoms with van der Waals surface area (Å²) in [5.74, 6) is 1.98. The van der Waals surface area contributed by atoms with Crippen LogP contribution < -0.4 is 10.1 Å². The highest BCUT2D eigenvalue weighted by Crippen LogP contribution is 2.29. The smallest absolute Gasteiger partial charge is 0.251 e. The predicted molar refractivity (Wildman–Crippen MR) is 111 cm³/mol. The third-order valence-corrected chi connectivity index (χ3v) is 4.94. The zero-order chi connectivity index (χ0) is 20.3. The Balaban J connectivity index is 1.72. The fraction of sp³-hybridized carbons (Fsp3) is 0.304.